The van der Waals surface area contributed by atoms with Crippen molar-refractivity contribution in [1.82, 2.24) is 5.32 Å². The third kappa shape index (κ3) is 4.28. The lowest BCUT2D eigenvalue weighted by Crippen LogP contribution is -2.38. The molecule has 0 saturated carbocycles. The van der Waals surface area contributed by atoms with Crippen LogP contribution in [0.5, 0.6) is 11.5 Å². The molecule has 0 saturated heterocycles. The highest BCUT2D eigenvalue weighted by Crippen LogP contribution is 2.34. The van der Waals surface area contributed by atoms with Crippen molar-refractivity contribution in [3.63, 3.8) is 0 Å². The topological polar surface area (TPSA) is 96.9 Å². The summed E-state index contributed by atoms with van der Waals surface area (Å²) < 4.78 is 25.1. The van der Waals surface area contributed by atoms with Gasteiger partial charge >= 0.3 is 5.97 Å². The Kier molecular flexibility index (Phi) is 5.44. The van der Waals surface area contributed by atoms with E-state index >= 15 is 0 Å². The molecule has 7 nitrogen and oxygen atoms in total. The minimum atomic E-state index is -1.11. The van der Waals surface area contributed by atoms with Crippen molar-refractivity contribution >= 4 is 17.6 Å². The molecule has 1 aliphatic heterocycles. The molecule has 2 aromatic rings. The molecule has 0 bridgehead atoms. The summed E-state index contributed by atoms with van der Waals surface area (Å²) >= 11 is 0. The molecule has 8 heteroatoms. The molecular formula is C19H19FN2O5. The van der Waals surface area contributed by atoms with E-state index in [-0.39, 0.29) is 12.3 Å². The van der Waals surface area contributed by atoms with E-state index in [0.29, 0.717) is 35.8 Å². The van der Waals surface area contributed by atoms with Gasteiger partial charge < -0.3 is 25.2 Å². The molecule has 0 aromatic heterocycles. The quantitative estimate of drug-likeness (QED) is 0.719. The van der Waals surface area contributed by atoms with Gasteiger partial charge in [-0.3, -0.25) is 9.59 Å². The number of benzene rings is 2. The fourth-order valence-electron chi connectivity index (χ4n) is 2.54. The molecular weight excluding hydrogens is 355 g/mol. The number of nitrogens with one attached hydrogen (secondary N) is 2. The van der Waals surface area contributed by atoms with E-state index in [1.165, 1.54) is 6.92 Å². The van der Waals surface area contributed by atoms with Gasteiger partial charge in [-0.05, 0) is 37.3 Å². The van der Waals surface area contributed by atoms with Crippen LogP contribution in [-0.2, 0) is 11.3 Å². The van der Waals surface area contributed by atoms with Crippen LogP contribution in [0.25, 0.3) is 0 Å². The lowest BCUT2D eigenvalue weighted by Gasteiger charge is -2.20. The first-order chi connectivity index (χ1) is 13.0. The van der Waals surface area contributed by atoms with E-state index in [1.54, 1.807) is 36.4 Å². The van der Waals surface area contributed by atoms with Gasteiger partial charge in [-0.2, -0.15) is 0 Å². The molecule has 3 N–H and O–H groups in total. The number of fused-ring (bicyclic) bond motifs is 1. The number of halogens is 1. The third-order valence-corrected chi connectivity index (χ3v) is 4.08. The van der Waals surface area contributed by atoms with Crippen molar-refractivity contribution in [3.05, 3.63) is 53.3 Å². The predicted octanol–water partition coefficient (Wildman–Crippen LogP) is 2.41. The molecule has 142 valence electrons. The first-order valence-corrected chi connectivity index (χ1v) is 8.40. The second-order valence-electron chi connectivity index (χ2n) is 6.03. The number of hydrogen-bond donors (Lipinski definition) is 3. The number of carboxylic acid groups (broad SMARTS) is 1. The molecule has 0 radical (unpaired) electrons. The Hall–Kier alpha value is -3.29. The Balaban J connectivity index is 1.62. The number of aliphatic carboxylic acids is 1. The van der Waals surface area contributed by atoms with Crippen LogP contribution in [0.2, 0.25) is 0 Å². The van der Waals surface area contributed by atoms with Crippen LogP contribution >= 0.6 is 0 Å². The van der Waals surface area contributed by atoms with E-state index in [2.05, 4.69) is 10.6 Å². The average molecular weight is 374 g/mol. The fourth-order valence-corrected chi connectivity index (χ4v) is 2.54. The van der Waals surface area contributed by atoms with Crippen LogP contribution in [-0.4, -0.2) is 36.2 Å². The number of carbonyl (C=O) groups excluding carboxylic acids is 1. The van der Waals surface area contributed by atoms with Gasteiger partial charge in [0.15, 0.2) is 17.3 Å². The summed E-state index contributed by atoms with van der Waals surface area (Å²) in [6.45, 7) is 2.32. The van der Waals surface area contributed by atoms with Crippen molar-refractivity contribution in [1.29, 1.82) is 0 Å². The molecule has 1 atom stereocenters. The molecule has 1 aliphatic rings. The van der Waals surface area contributed by atoms with Gasteiger partial charge in [0.1, 0.15) is 19.3 Å². The first-order valence-electron chi connectivity index (χ1n) is 8.40. The smallest absolute Gasteiger partial charge is 0.325 e. The zero-order valence-electron chi connectivity index (χ0n) is 14.6. The number of carbonyl (C=O) groups is 2. The summed E-state index contributed by atoms with van der Waals surface area (Å²) in [7, 11) is 0. The van der Waals surface area contributed by atoms with Gasteiger partial charge in [0.2, 0.25) is 0 Å². The lowest BCUT2D eigenvalue weighted by atomic mass is 10.1. The molecule has 1 amide bonds. The summed E-state index contributed by atoms with van der Waals surface area (Å²) in [6, 6.07) is 8.77. The van der Waals surface area contributed by atoms with E-state index in [4.69, 9.17) is 14.6 Å². The zero-order chi connectivity index (χ0) is 19.4. The second kappa shape index (κ2) is 7.94. The van der Waals surface area contributed by atoms with Gasteiger partial charge in [0.25, 0.3) is 5.91 Å². The van der Waals surface area contributed by atoms with Gasteiger partial charge in [-0.1, -0.05) is 6.07 Å². The summed E-state index contributed by atoms with van der Waals surface area (Å²) in [5.74, 6) is -1.52. The first kappa shape index (κ1) is 18.5. The van der Waals surface area contributed by atoms with Crippen molar-refractivity contribution in [2.24, 2.45) is 0 Å². The molecule has 1 unspecified atom stereocenters. The second-order valence-corrected chi connectivity index (χ2v) is 6.03. The summed E-state index contributed by atoms with van der Waals surface area (Å²) in [5.41, 5.74) is 1.45. The normalized spacial score (nSPS) is 13.6. The molecule has 0 aliphatic carbocycles. The summed E-state index contributed by atoms with van der Waals surface area (Å²) in [4.78, 5) is 22.7. The lowest BCUT2D eigenvalue weighted by molar-refractivity contribution is -0.138. The Bertz CT molecular complexity index is 854. The van der Waals surface area contributed by atoms with Crippen molar-refractivity contribution in [3.8, 4) is 11.5 Å². The molecule has 0 fully saturated rings. The third-order valence-electron chi connectivity index (χ3n) is 4.08. The minimum absolute atomic E-state index is 0.125. The van der Waals surface area contributed by atoms with Crippen LogP contribution in [0, 0.1) is 5.82 Å². The summed E-state index contributed by atoms with van der Waals surface area (Å²) in [5, 5.41) is 14.3. The molecule has 3 rings (SSSR count). The molecule has 0 spiro atoms. The number of anilines is 1. The maximum atomic E-state index is 14.5. The molecule has 2 aromatic carbocycles. The van der Waals surface area contributed by atoms with Crippen LogP contribution in [0.4, 0.5) is 10.1 Å². The van der Waals surface area contributed by atoms with Gasteiger partial charge in [-0.25, -0.2) is 4.39 Å². The fraction of sp³-hybridized carbons (Fsp3) is 0.263. The number of rotatable bonds is 6. The highest BCUT2D eigenvalue weighted by Gasteiger charge is 2.19. The van der Waals surface area contributed by atoms with Crippen LogP contribution in [0.3, 0.4) is 0 Å². The predicted molar refractivity (Wildman–Crippen MR) is 95.7 cm³/mol. The molecule has 1 heterocycles. The van der Waals surface area contributed by atoms with Crippen LogP contribution < -0.4 is 20.1 Å². The number of ether oxygens (including phenoxy) is 2. The Labute approximate surface area is 155 Å². The largest absolute Gasteiger partial charge is 0.486 e. The van der Waals surface area contributed by atoms with E-state index in [1.807, 2.05) is 0 Å². The van der Waals surface area contributed by atoms with Crippen molar-refractivity contribution < 1.29 is 28.6 Å². The van der Waals surface area contributed by atoms with E-state index < -0.39 is 23.7 Å². The van der Waals surface area contributed by atoms with Crippen LogP contribution in [0.1, 0.15) is 22.8 Å². The van der Waals surface area contributed by atoms with Crippen LogP contribution in [0.15, 0.2) is 36.4 Å². The van der Waals surface area contributed by atoms with E-state index in [9.17, 15) is 14.0 Å². The Morgan fingerprint density at radius 2 is 1.85 bits per heavy atom. The highest BCUT2D eigenvalue weighted by molar-refractivity contribution is 5.96. The Morgan fingerprint density at radius 1 is 1.15 bits per heavy atom. The maximum Gasteiger partial charge on any atom is 0.325 e. The standard InChI is InChI=1S/C19H19FN2O5/c1-11(19(24)25)22-18(23)12-2-5-14(6-3-12)21-10-13-4-7-15-17(16(13)20)27-9-8-26-15/h2-7,11,21H,8-10H2,1H3,(H,22,23)(H,24,25). The van der Waals surface area contributed by atoms with Gasteiger partial charge in [-0.15, -0.1) is 0 Å². The molecule has 27 heavy (non-hydrogen) atoms. The maximum absolute atomic E-state index is 14.5. The highest BCUT2D eigenvalue weighted by atomic mass is 19.1. The average Bonchev–Trinajstić information content (AvgIpc) is 2.68. The summed E-state index contributed by atoms with van der Waals surface area (Å²) in [6.07, 6.45) is 0. The number of amides is 1. The zero-order valence-corrected chi connectivity index (χ0v) is 14.6. The number of hydrogen-bond acceptors (Lipinski definition) is 5. The van der Waals surface area contributed by atoms with Gasteiger partial charge in [0.05, 0.1) is 0 Å². The van der Waals surface area contributed by atoms with E-state index in [0.717, 1.165) is 0 Å². The van der Waals surface area contributed by atoms with Crippen molar-refractivity contribution in [2.75, 3.05) is 18.5 Å². The number of carboxylic acids is 1. The monoisotopic (exact) mass is 374 g/mol. The Morgan fingerprint density at radius 3 is 2.56 bits per heavy atom. The van der Waals surface area contributed by atoms with Gasteiger partial charge in [0, 0.05) is 23.4 Å². The SMILES string of the molecule is CC(NC(=O)c1ccc(NCc2ccc3c(c2F)OCCO3)cc1)C(=O)O. The minimum Gasteiger partial charge on any atom is -0.486 e. The van der Waals surface area contributed by atoms with Crippen molar-refractivity contribution in [2.45, 2.75) is 19.5 Å².